The topological polar surface area (TPSA) is 24.9 Å². The summed E-state index contributed by atoms with van der Waals surface area (Å²) in [5, 5.41) is 4.07. The third-order valence-corrected chi connectivity index (χ3v) is 2.50. The Morgan fingerprint density at radius 2 is 2.12 bits per heavy atom. The van der Waals surface area contributed by atoms with Gasteiger partial charge < -0.3 is 5.32 Å². The Morgan fingerprint density at radius 1 is 1.31 bits per heavy atom. The van der Waals surface area contributed by atoms with Gasteiger partial charge in [0.05, 0.1) is 5.52 Å². The second kappa shape index (κ2) is 4.47. The number of halogens is 1. The molecule has 84 valence electrons. The lowest BCUT2D eigenvalue weighted by Gasteiger charge is -2.07. The molecule has 0 aliphatic heterocycles. The van der Waals surface area contributed by atoms with E-state index < -0.39 is 0 Å². The number of fused-ring (bicyclic) bond motifs is 1. The quantitative estimate of drug-likeness (QED) is 0.852. The Balaban J connectivity index is 2.45. The first-order valence-electron chi connectivity index (χ1n) is 5.51. The number of aryl methyl sites for hydroxylation is 1. The Kier molecular flexibility index (Phi) is 3.04. The molecule has 1 aromatic carbocycles. The fraction of sp³-hybridized carbons (Fsp3) is 0.308. The number of nitrogens with one attached hydrogen (secondary N) is 1. The molecule has 0 aliphatic carbocycles. The SMILES string of the molecule is CCCNc1ccc2cc(F)cc(C)c2n1. The van der Waals surface area contributed by atoms with E-state index in [-0.39, 0.29) is 5.82 Å². The van der Waals surface area contributed by atoms with E-state index in [1.54, 1.807) is 0 Å². The monoisotopic (exact) mass is 218 g/mol. The average Bonchev–Trinajstić information content (AvgIpc) is 2.26. The van der Waals surface area contributed by atoms with Crippen molar-refractivity contribution in [1.82, 2.24) is 4.98 Å². The van der Waals surface area contributed by atoms with Crippen LogP contribution in [0.15, 0.2) is 24.3 Å². The van der Waals surface area contributed by atoms with Gasteiger partial charge in [-0.25, -0.2) is 9.37 Å². The summed E-state index contributed by atoms with van der Waals surface area (Å²) < 4.78 is 13.2. The molecule has 0 saturated carbocycles. The lowest BCUT2D eigenvalue weighted by molar-refractivity contribution is 0.628. The molecule has 2 nitrogen and oxygen atoms in total. The van der Waals surface area contributed by atoms with E-state index in [0.29, 0.717) is 0 Å². The van der Waals surface area contributed by atoms with Crippen molar-refractivity contribution in [3.63, 3.8) is 0 Å². The van der Waals surface area contributed by atoms with Crippen molar-refractivity contribution in [3.05, 3.63) is 35.6 Å². The number of benzene rings is 1. The molecule has 1 N–H and O–H groups in total. The summed E-state index contributed by atoms with van der Waals surface area (Å²) in [6.45, 7) is 4.88. The molecular weight excluding hydrogens is 203 g/mol. The fourth-order valence-corrected chi connectivity index (χ4v) is 1.72. The van der Waals surface area contributed by atoms with Crippen LogP contribution in [0.5, 0.6) is 0 Å². The highest BCUT2D eigenvalue weighted by molar-refractivity contribution is 5.83. The van der Waals surface area contributed by atoms with Gasteiger partial charge in [0.2, 0.25) is 0 Å². The fourth-order valence-electron chi connectivity index (χ4n) is 1.72. The Labute approximate surface area is 94.5 Å². The first-order valence-corrected chi connectivity index (χ1v) is 5.51. The average molecular weight is 218 g/mol. The van der Waals surface area contributed by atoms with Gasteiger partial charge in [0.15, 0.2) is 0 Å². The second-order valence-corrected chi connectivity index (χ2v) is 3.92. The van der Waals surface area contributed by atoms with Crippen LogP contribution in [0, 0.1) is 12.7 Å². The van der Waals surface area contributed by atoms with Crippen LogP contribution in [0.25, 0.3) is 10.9 Å². The molecule has 1 heterocycles. The van der Waals surface area contributed by atoms with Crippen LogP contribution in [0.3, 0.4) is 0 Å². The molecule has 16 heavy (non-hydrogen) atoms. The van der Waals surface area contributed by atoms with E-state index in [2.05, 4.69) is 17.2 Å². The van der Waals surface area contributed by atoms with Crippen LogP contribution >= 0.6 is 0 Å². The summed E-state index contributed by atoms with van der Waals surface area (Å²) in [5.41, 5.74) is 1.73. The van der Waals surface area contributed by atoms with Gasteiger partial charge in [0, 0.05) is 11.9 Å². The zero-order valence-electron chi connectivity index (χ0n) is 9.55. The van der Waals surface area contributed by atoms with Crippen molar-refractivity contribution >= 4 is 16.7 Å². The number of anilines is 1. The highest BCUT2D eigenvalue weighted by atomic mass is 19.1. The molecule has 0 saturated heterocycles. The zero-order chi connectivity index (χ0) is 11.5. The molecule has 0 atom stereocenters. The number of hydrogen-bond donors (Lipinski definition) is 1. The van der Waals surface area contributed by atoms with E-state index in [0.717, 1.165) is 35.2 Å². The molecule has 3 heteroatoms. The van der Waals surface area contributed by atoms with E-state index in [4.69, 9.17) is 0 Å². The predicted molar refractivity (Wildman–Crippen MR) is 65.2 cm³/mol. The number of aromatic nitrogens is 1. The number of rotatable bonds is 3. The predicted octanol–water partition coefficient (Wildman–Crippen LogP) is 3.50. The van der Waals surface area contributed by atoms with E-state index in [1.165, 1.54) is 12.1 Å². The first-order chi connectivity index (χ1) is 7.70. The van der Waals surface area contributed by atoms with Crippen molar-refractivity contribution in [3.8, 4) is 0 Å². The minimum absolute atomic E-state index is 0.207. The summed E-state index contributed by atoms with van der Waals surface area (Å²) in [6.07, 6.45) is 1.06. The molecule has 0 aliphatic rings. The van der Waals surface area contributed by atoms with Gasteiger partial charge in [-0.3, -0.25) is 0 Å². The zero-order valence-corrected chi connectivity index (χ0v) is 9.55. The van der Waals surface area contributed by atoms with E-state index in [9.17, 15) is 4.39 Å². The van der Waals surface area contributed by atoms with Crippen LogP contribution in [0.2, 0.25) is 0 Å². The van der Waals surface area contributed by atoms with Crippen LogP contribution in [-0.4, -0.2) is 11.5 Å². The summed E-state index contributed by atoms with van der Waals surface area (Å²) >= 11 is 0. The van der Waals surface area contributed by atoms with Crippen molar-refractivity contribution in [2.75, 3.05) is 11.9 Å². The number of pyridine rings is 1. The minimum atomic E-state index is -0.207. The molecule has 2 aromatic rings. The first kappa shape index (κ1) is 10.9. The van der Waals surface area contributed by atoms with Crippen molar-refractivity contribution < 1.29 is 4.39 Å². The lowest BCUT2D eigenvalue weighted by atomic mass is 10.1. The van der Waals surface area contributed by atoms with Gasteiger partial charge in [0.1, 0.15) is 11.6 Å². The molecule has 1 aromatic heterocycles. The highest BCUT2D eigenvalue weighted by Crippen LogP contribution is 2.20. The maximum Gasteiger partial charge on any atom is 0.126 e. The van der Waals surface area contributed by atoms with Crippen molar-refractivity contribution in [1.29, 1.82) is 0 Å². The van der Waals surface area contributed by atoms with Crippen LogP contribution in [0.1, 0.15) is 18.9 Å². The van der Waals surface area contributed by atoms with Gasteiger partial charge in [-0.05, 0) is 43.2 Å². The molecule has 0 unspecified atom stereocenters. The highest BCUT2D eigenvalue weighted by Gasteiger charge is 2.03. The third-order valence-electron chi connectivity index (χ3n) is 2.50. The molecule has 0 fully saturated rings. The van der Waals surface area contributed by atoms with Gasteiger partial charge in [-0.2, -0.15) is 0 Å². The maximum absolute atomic E-state index is 13.2. The third kappa shape index (κ3) is 2.13. The van der Waals surface area contributed by atoms with E-state index >= 15 is 0 Å². The smallest absolute Gasteiger partial charge is 0.126 e. The number of nitrogens with zero attached hydrogens (tertiary/aromatic N) is 1. The molecular formula is C13H15FN2. The molecule has 0 radical (unpaired) electrons. The molecule has 0 bridgehead atoms. The van der Waals surface area contributed by atoms with Crippen LogP contribution in [-0.2, 0) is 0 Å². The number of hydrogen-bond acceptors (Lipinski definition) is 2. The Hall–Kier alpha value is -1.64. The summed E-state index contributed by atoms with van der Waals surface area (Å²) in [7, 11) is 0. The second-order valence-electron chi connectivity index (χ2n) is 3.92. The van der Waals surface area contributed by atoms with Crippen LogP contribution in [0.4, 0.5) is 10.2 Å². The van der Waals surface area contributed by atoms with Gasteiger partial charge in [0.25, 0.3) is 0 Å². The molecule has 0 spiro atoms. The molecule has 2 rings (SSSR count). The Morgan fingerprint density at radius 3 is 2.88 bits per heavy atom. The standard InChI is InChI=1S/C13H15FN2/c1-3-6-15-12-5-4-10-8-11(14)7-9(2)13(10)16-12/h4-5,7-8H,3,6H2,1-2H3,(H,15,16). The molecule has 0 amide bonds. The normalized spacial score (nSPS) is 10.7. The maximum atomic E-state index is 13.2. The summed E-state index contributed by atoms with van der Waals surface area (Å²) in [4.78, 5) is 4.48. The minimum Gasteiger partial charge on any atom is -0.370 e. The van der Waals surface area contributed by atoms with Crippen LogP contribution < -0.4 is 5.32 Å². The van der Waals surface area contributed by atoms with Crippen molar-refractivity contribution in [2.45, 2.75) is 20.3 Å². The summed E-state index contributed by atoms with van der Waals surface area (Å²) in [5.74, 6) is 0.644. The lowest BCUT2D eigenvalue weighted by Crippen LogP contribution is -2.02. The van der Waals surface area contributed by atoms with Gasteiger partial charge >= 0.3 is 0 Å². The Bertz CT molecular complexity index is 509. The van der Waals surface area contributed by atoms with Crippen molar-refractivity contribution in [2.24, 2.45) is 0 Å². The largest absolute Gasteiger partial charge is 0.370 e. The van der Waals surface area contributed by atoms with Gasteiger partial charge in [-0.15, -0.1) is 0 Å². The summed E-state index contributed by atoms with van der Waals surface area (Å²) in [6, 6.07) is 6.81. The van der Waals surface area contributed by atoms with Gasteiger partial charge in [-0.1, -0.05) is 6.92 Å². The van der Waals surface area contributed by atoms with E-state index in [1.807, 2.05) is 19.1 Å².